The molecule has 0 N–H and O–H groups in total. The van der Waals surface area contributed by atoms with E-state index >= 15 is 0 Å². The molecule has 0 amide bonds. The summed E-state index contributed by atoms with van der Waals surface area (Å²) >= 11 is 0. The molecule has 0 saturated heterocycles. The molecule has 2 aromatic heterocycles. The number of pyridine rings is 1. The molecule has 0 spiro atoms. The highest BCUT2D eigenvalue weighted by molar-refractivity contribution is 5.94. The van der Waals surface area contributed by atoms with Gasteiger partial charge in [0.2, 0.25) is 5.88 Å². The molecule has 1 unspecified atom stereocenters. The van der Waals surface area contributed by atoms with Gasteiger partial charge in [-0.25, -0.2) is 4.68 Å². The zero-order valence-electron chi connectivity index (χ0n) is 19.0. The summed E-state index contributed by atoms with van der Waals surface area (Å²) in [6.07, 6.45) is -5.43. The number of benzene rings is 2. The molecule has 0 saturated carbocycles. The zero-order valence-corrected chi connectivity index (χ0v) is 19.0. The monoisotopic (exact) mass is 467 g/mol. The summed E-state index contributed by atoms with van der Waals surface area (Å²) in [6.45, 7) is 3.45. The molecule has 2 atom stereocenters. The van der Waals surface area contributed by atoms with Crippen LogP contribution >= 0.6 is 0 Å². The largest absolute Gasteiger partial charge is 0.467 e. The number of aromatic nitrogens is 3. The van der Waals surface area contributed by atoms with E-state index in [4.69, 9.17) is 4.74 Å². The number of carbonyl (C=O) groups excluding carboxylic acids is 1. The minimum Gasteiger partial charge on any atom is -0.467 e. The minimum atomic E-state index is -4.67. The van der Waals surface area contributed by atoms with Crippen molar-refractivity contribution in [3.05, 3.63) is 77.9 Å². The Hall–Kier alpha value is -3.68. The van der Waals surface area contributed by atoms with Gasteiger partial charge in [0, 0.05) is 25.1 Å². The second-order valence-electron chi connectivity index (χ2n) is 8.28. The number of halogens is 3. The molecule has 2 heterocycles. The fraction of sp³-hybridized carbons (Fsp3) is 0.269. The molecule has 0 fully saturated rings. The van der Waals surface area contributed by atoms with Gasteiger partial charge in [-0.05, 0) is 18.4 Å². The first-order chi connectivity index (χ1) is 16.1. The molecule has 0 aliphatic heterocycles. The number of hydrogen-bond acceptors (Lipinski definition) is 4. The Morgan fingerprint density at radius 1 is 1.03 bits per heavy atom. The number of alkyl halides is 3. The van der Waals surface area contributed by atoms with E-state index in [-0.39, 0.29) is 40.7 Å². The summed E-state index contributed by atoms with van der Waals surface area (Å²) < 4.78 is 49.1. The molecule has 4 rings (SSSR count). The Morgan fingerprint density at radius 3 is 2.26 bits per heavy atom. The van der Waals surface area contributed by atoms with Gasteiger partial charge in [0.15, 0.2) is 17.5 Å². The van der Waals surface area contributed by atoms with Gasteiger partial charge in [0.1, 0.15) is 5.69 Å². The van der Waals surface area contributed by atoms with Crippen molar-refractivity contribution in [1.29, 1.82) is 0 Å². The van der Waals surface area contributed by atoms with Crippen LogP contribution in [0.2, 0.25) is 0 Å². The van der Waals surface area contributed by atoms with E-state index in [1.807, 2.05) is 37.3 Å². The van der Waals surface area contributed by atoms with E-state index < -0.39 is 17.8 Å². The fourth-order valence-corrected chi connectivity index (χ4v) is 3.92. The van der Waals surface area contributed by atoms with Crippen molar-refractivity contribution in [2.24, 2.45) is 7.05 Å². The molecule has 0 aliphatic rings. The maximum absolute atomic E-state index is 14.1. The van der Waals surface area contributed by atoms with E-state index in [1.54, 1.807) is 30.3 Å². The van der Waals surface area contributed by atoms with Crippen LogP contribution in [0, 0.1) is 0 Å². The highest BCUT2D eigenvalue weighted by Crippen LogP contribution is 2.40. The third-order valence-electron chi connectivity index (χ3n) is 5.75. The quantitative estimate of drug-likeness (QED) is 0.326. The fourth-order valence-electron chi connectivity index (χ4n) is 3.92. The van der Waals surface area contributed by atoms with Gasteiger partial charge in [-0.1, -0.05) is 67.6 Å². The lowest BCUT2D eigenvalue weighted by Gasteiger charge is -2.17. The third-order valence-corrected chi connectivity index (χ3v) is 5.75. The number of ketones is 1. The average molecular weight is 467 g/mol. The maximum atomic E-state index is 14.1. The smallest absolute Gasteiger partial charge is 0.417 e. The van der Waals surface area contributed by atoms with Crippen molar-refractivity contribution in [3.63, 3.8) is 0 Å². The van der Waals surface area contributed by atoms with Crippen LogP contribution in [0.3, 0.4) is 0 Å². The molecule has 0 bridgehead atoms. The Balaban J connectivity index is 1.66. The molecule has 5 nitrogen and oxygen atoms in total. The number of rotatable bonds is 7. The molecular formula is C26H24F3N3O2. The molecule has 176 valence electrons. The molecule has 2 aromatic carbocycles. The number of ether oxygens (including phenoxy) is 1. The van der Waals surface area contributed by atoms with Crippen molar-refractivity contribution in [2.45, 2.75) is 38.5 Å². The predicted octanol–water partition coefficient (Wildman–Crippen LogP) is 6.18. The molecule has 34 heavy (non-hydrogen) atoms. The van der Waals surface area contributed by atoms with E-state index in [1.165, 1.54) is 18.7 Å². The summed E-state index contributed by atoms with van der Waals surface area (Å²) in [5.41, 5.74) is 0.862. The lowest BCUT2D eigenvalue weighted by atomic mass is 9.94. The number of fused-ring (bicyclic) bond motifs is 1. The number of hydrogen-bond donors (Lipinski definition) is 0. The van der Waals surface area contributed by atoms with Gasteiger partial charge in [0.25, 0.3) is 0 Å². The lowest BCUT2D eigenvalue weighted by Crippen LogP contribution is -2.25. The Bertz CT molecular complexity index is 1300. The average Bonchev–Trinajstić information content (AvgIpc) is 3.15. The second-order valence-corrected chi connectivity index (χ2v) is 8.28. The first-order valence-corrected chi connectivity index (χ1v) is 10.9. The second kappa shape index (κ2) is 9.29. The van der Waals surface area contributed by atoms with Gasteiger partial charge >= 0.3 is 6.18 Å². The Morgan fingerprint density at radius 2 is 1.65 bits per heavy atom. The van der Waals surface area contributed by atoms with Crippen LogP contribution in [-0.2, 0) is 18.0 Å². The zero-order chi connectivity index (χ0) is 24.5. The van der Waals surface area contributed by atoms with Gasteiger partial charge in [-0.2, -0.15) is 23.3 Å². The third kappa shape index (κ3) is 4.81. The summed E-state index contributed by atoms with van der Waals surface area (Å²) in [4.78, 5) is 17.0. The molecule has 0 radical (unpaired) electrons. The Kier molecular flexibility index (Phi) is 6.41. The summed E-state index contributed by atoms with van der Waals surface area (Å²) in [7, 11) is 1.53. The van der Waals surface area contributed by atoms with Crippen LogP contribution in [0.1, 0.15) is 37.3 Å². The van der Waals surface area contributed by atoms with Crippen LogP contribution in [0.15, 0.2) is 66.7 Å². The normalized spacial score (nSPS) is 13.6. The van der Waals surface area contributed by atoms with Gasteiger partial charge in [0.05, 0.1) is 10.9 Å². The molecule has 0 aliphatic carbocycles. The van der Waals surface area contributed by atoms with E-state index in [2.05, 4.69) is 10.1 Å². The van der Waals surface area contributed by atoms with E-state index in [0.717, 1.165) is 11.6 Å². The first kappa shape index (κ1) is 23.5. The van der Waals surface area contributed by atoms with Crippen molar-refractivity contribution in [3.8, 4) is 17.1 Å². The number of carbonyl (C=O) groups is 1. The topological polar surface area (TPSA) is 57.0 Å². The first-order valence-electron chi connectivity index (χ1n) is 10.9. The number of Topliss-reactive ketones (excluding diaryl/α,β-unsaturated/α-hetero) is 1. The van der Waals surface area contributed by atoms with Crippen LogP contribution in [-0.4, -0.2) is 26.7 Å². The summed E-state index contributed by atoms with van der Waals surface area (Å²) in [5, 5.41) is 4.19. The number of nitrogens with zero attached hydrogens (tertiary/aromatic N) is 3. The lowest BCUT2D eigenvalue weighted by molar-refractivity contribution is -0.136. The van der Waals surface area contributed by atoms with Crippen molar-refractivity contribution >= 4 is 16.8 Å². The van der Waals surface area contributed by atoms with Crippen molar-refractivity contribution in [1.82, 2.24) is 14.8 Å². The van der Waals surface area contributed by atoms with E-state index in [0.29, 0.717) is 5.56 Å². The molecule has 8 heteroatoms. The standard InChI is InChI=1S/C26H24F3N3O2/c1-16(18-10-6-4-7-11-18)14-21(33)17(2)34-22-15-20(26(27,28)29)23-24(19-12-8-5-9-13-19)31-32(3)25(23)30-22/h4-13,15-17H,14H2,1-3H3/t16-,17?/m1/s1. The Labute approximate surface area is 195 Å². The maximum Gasteiger partial charge on any atom is 0.417 e. The summed E-state index contributed by atoms with van der Waals surface area (Å²) in [5.74, 6) is -0.538. The summed E-state index contributed by atoms with van der Waals surface area (Å²) in [6, 6.07) is 19.0. The van der Waals surface area contributed by atoms with Gasteiger partial charge in [-0.3, -0.25) is 4.79 Å². The van der Waals surface area contributed by atoms with Gasteiger partial charge < -0.3 is 4.74 Å². The van der Waals surface area contributed by atoms with E-state index in [9.17, 15) is 18.0 Å². The van der Waals surface area contributed by atoms with Crippen LogP contribution in [0.4, 0.5) is 13.2 Å². The SMILES string of the molecule is CC(Oc1cc(C(F)(F)F)c2c(-c3ccccc3)nn(C)c2n1)C(=O)C[C@@H](C)c1ccccc1. The van der Waals surface area contributed by atoms with Crippen LogP contribution in [0.25, 0.3) is 22.3 Å². The highest BCUT2D eigenvalue weighted by Gasteiger charge is 2.37. The van der Waals surface area contributed by atoms with Crippen LogP contribution < -0.4 is 4.74 Å². The molecule has 4 aromatic rings. The van der Waals surface area contributed by atoms with Crippen molar-refractivity contribution < 1.29 is 22.7 Å². The predicted molar refractivity (Wildman–Crippen MR) is 124 cm³/mol. The van der Waals surface area contributed by atoms with Crippen molar-refractivity contribution in [2.75, 3.05) is 0 Å². The highest BCUT2D eigenvalue weighted by atomic mass is 19.4. The minimum absolute atomic E-state index is 0.0287. The van der Waals surface area contributed by atoms with Crippen LogP contribution in [0.5, 0.6) is 5.88 Å². The molecular weight excluding hydrogens is 443 g/mol. The van der Waals surface area contributed by atoms with Gasteiger partial charge in [-0.15, -0.1) is 0 Å². The number of aryl methyl sites for hydroxylation is 1.